The second kappa shape index (κ2) is 6.85. The van der Waals surface area contributed by atoms with Crippen LogP contribution in [0.25, 0.3) is 0 Å². The molecule has 0 aliphatic heterocycles. The lowest BCUT2D eigenvalue weighted by molar-refractivity contribution is -0.121. The lowest BCUT2D eigenvalue weighted by Gasteiger charge is -2.20. The predicted octanol–water partition coefficient (Wildman–Crippen LogP) is 0.466. The Labute approximate surface area is 131 Å². The topological polar surface area (TPSA) is 106 Å². The van der Waals surface area contributed by atoms with E-state index in [0.29, 0.717) is 10.0 Å². The summed E-state index contributed by atoms with van der Waals surface area (Å²) in [6.07, 6.45) is 0. The summed E-state index contributed by atoms with van der Waals surface area (Å²) < 4.78 is 1.42. The number of rotatable bonds is 5. The van der Waals surface area contributed by atoms with Gasteiger partial charge in [-0.05, 0) is 56.7 Å². The Balaban J connectivity index is 3.07. The fraction of sp³-hybridized carbons (Fsp3) is 0.182. The van der Waals surface area contributed by atoms with Crippen LogP contribution < -0.4 is 11.5 Å². The highest BCUT2D eigenvalue weighted by atomic mass is 127. The van der Waals surface area contributed by atoms with Crippen LogP contribution in [0.2, 0.25) is 0 Å². The fourth-order valence-electron chi connectivity index (χ4n) is 1.41. The van der Waals surface area contributed by atoms with Gasteiger partial charge in [0, 0.05) is 8.04 Å². The number of halogens is 2. The first-order valence-corrected chi connectivity index (χ1v) is 6.99. The Hall–Kier alpha value is -1.16. The highest BCUT2D eigenvalue weighted by Gasteiger charge is 2.21. The predicted molar refractivity (Wildman–Crippen MR) is 81.2 cm³/mol. The van der Waals surface area contributed by atoms with Gasteiger partial charge in [-0.2, -0.15) is 0 Å². The lowest BCUT2D eigenvalue weighted by Crippen LogP contribution is -2.43. The molecule has 1 aromatic rings. The van der Waals surface area contributed by atoms with Crippen molar-refractivity contribution in [3.63, 3.8) is 0 Å². The van der Waals surface area contributed by atoms with Crippen molar-refractivity contribution in [3.8, 4) is 0 Å². The van der Waals surface area contributed by atoms with E-state index in [1.807, 2.05) is 6.07 Å². The Bertz CT molecular complexity index is 520. The van der Waals surface area contributed by atoms with E-state index >= 15 is 0 Å². The monoisotopic (exact) mass is 439 g/mol. The number of hydrogen-bond acceptors (Lipinski definition) is 3. The molecule has 0 aliphatic carbocycles. The number of primary amides is 2. The molecular weight excluding hydrogens is 429 g/mol. The standard InChI is InChI=1S/C11H11BrIN3O3/c12-8-2-1-6(13)3-7(8)11(19)16(4-9(14)17)5-10(15)18/h1-3H,4-5H2,(H2,14,17)(H2,15,18). The maximum atomic E-state index is 12.3. The molecule has 0 saturated carbocycles. The van der Waals surface area contributed by atoms with Crippen LogP contribution in [0.1, 0.15) is 10.4 Å². The molecule has 0 spiro atoms. The van der Waals surface area contributed by atoms with E-state index < -0.39 is 17.7 Å². The molecule has 102 valence electrons. The number of carbonyl (C=O) groups is 3. The van der Waals surface area contributed by atoms with Gasteiger partial charge in [-0.15, -0.1) is 0 Å². The highest BCUT2D eigenvalue weighted by Crippen LogP contribution is 2.21. The van der Waals surface area contributed by atoms with Crippen molar-refractivity contribution in [2.24, 2.45) is 11.5 Å². The van der Waals surface area contributed by atoms with Crippen LogP contribution in [0.5, 0.6) is 0 Å². The molecule has 0 saturated heterocycles. The molecule has 0 unspecified atom stereocenters. The minimum absolute atomic E-state index is 0.342. The third-order valence-electron chi connectivity index (χ3n) is 2.14. The number of nitrogens with zero attached hydrogens (tertiary/aromatic N) is 1. The molecule has 1 aromatic carbocycles. The molecule has 0 radical (unpaired) electrons. The van der Waals surface area contributed by atoms with Crippen LogP contribution in [-0.2, 0) is 9.59 Å². The summed E-state index contributed by atoms with van der Waals surface area (Å²) in [5.41, 5.74) is 10.5. The van der Waals surface area contributed by atoms with Crippen LogP contribution in [0, 0.1) is 3.57 Å². The van der Waals surface area contributed by atoms with Crippen LogP contribution in [0.15, 0.2) is 22.7 Å². The summed E-state index contributed by atoms with van der Waals surface area (Å²) in [4.78, 5) is 35.2. The first kappa shape index (κ1) is 15.9. The Morgan fingerprint density at radius 3 is 2.16 bits per heavy atom. The van der Waals surface area contributed by atoms with Crippen LogP contribution in [0.4, 0.5) is 0 Å². The second-order valence-corrected chi connectivity index (χ2v) is 5.82. The smallest absolute Gasteiger partial charge is 0.255 e. The van der Waals surface area contributed by atoms with Crippen LogP contribution in [0.3, 0.4) is 0 Å². The van der Waals surface area contributed by atoms with Crippen molar-refractivity contribution < 1.29 is 14.4 Å². The van der Waals surface area contributed by atoms with Crippen molar-refractivity contribution in [2.45, 2.75) is 0 Å². The van der Waals surface area contributed by atoms with E-state index in [-0.39, 0.29) is 13.1 Å². The van der Waals surface area contributed by atoms with Gasteiger partial charge in [-0.25, -0.2) is 0 Å². The molecular formula is C11H11BrIN3O3. The molecule has 0 heterocycles. The first-order valence-electron chi connectivity index (χ1n) is 5.12. The van der Waals surface area contributed by atoms with E-state index in [4.69, 9.17) is 11.5 Å². The molecule has 0 atom stereocenters. The minimum atomic E-state index is -0.712. The van der Waals surface area contributed by atoms with Gasteiger partial charge >= 0.3 is 0 Å². The van der Waals surface area contributed by atoms with Gasteiger partial charge in [0.25, 0.3) is 5.91 Å². The number of nitrogens with two attached hydrogens (primary N) is 2. The molecule has 0 fully saturated rings. The van der Waals surface area contributed by atoms with E-state index in [0.717, 1.165) is 8.47 Å². The summed E-state index contributed by atoms with van der Waals surface area (Å²) in [7, 11) is 0. The third-order valence-corrected chi connectivity index (χ3v) is 3.50. The zero-order valence-electron chi connectivity index (χ0n) is 9.73. The first-order chi connectivity index (χ1) is 8.81. The zero-order chi connectivity index (χ0) is 14.6. The molecule has 3 amide bonds. The van der Waals surface area contributed by atoms with Crippen molar-refractivity contribution >= 4 is 56.2 Å². The maximum absolute atomic E-state index is 12.3. The van der Waals surface area contributed by atoms with Crippen LogP contribution in [-0.4, -0.2) is 35.7 Å². The number of carbonyl (C=O) groups excluding carboxylic acids is 3. The molecule has 19 heavy (non-hydrogen) atoms. The maximum Gasteiger partial charge on any atom is 0.255 e. The fourth-order valence-corrected chi connectivity index (χ4v) is 2.31. The summed E-state index contributed by atoms with van der Waals surface area (Å²) in [5.74, 6) is -1.91. The average Bonchev–Trinajstić information content (AvgIpc) is 2.29. The summed E-state index contributed by atoms with van der Waals surface area (Å²) >= 11 is 5.30. The zero-order valence-corrected chi connectivity index (χ0v) is 13.5. The summed E-state index contributed by atoms with van der Waals surface area (Å²) in [6, 6.07) is 5.16. The van der Waals surface area contributed by atoms with Gasteiger partial charge in [-0.3, -0.25) is 14.4 Å². The normalized spacial score (nSPS) is 10.0. The second-order valence-electron chi connectivity index (χ2n) is 3.72. The Kier molecular flexibility index (Phi) is 5.73. The third kappa shape index (κ3) is 4.78. The van der Waals surface area contributed by atoms with E-state index in [2.05, 4.69) is 38.5 Å². The Morgan fingerprint density at radius 2 is 1.68 bits per heavy atom. The quantitative estimate of drug-likeness (QED) is 0.651. The number of amides is 3. The molecule has 8 heteroatoms. The average molecular weight is 440 g/mol. The van der Waals surface area contributed by atoms with Gasteiger partial charge in [0.2, 0.25) is 11.8 Å². The SMILES string of the molecule is NC(=O)CN(CC(N)=O)C(=O)c1cc(I)ccc1Br. The molecule has 6 nitrogen and oxygen atoms in total. The number of benzene rings is 1. The van der Waals surface area contributed by atoms with Gasteiger partial charge in [0.05, 0.1) is 5.56 Å². The molecule has 0 aromatic heterocycles. The van der Waals surface area contributed by atoms with Crippen molar-refractivity contribution in [3.05, 3.63) is 31.8 Å². The highest BCUT2D eigenvalue weighted by molar-refractivity contribution is 14.1. The van der Waals surface area contributed by atoms with Crippen molar-refractivity contribution in [1.82, 2.24) is 4.90 Å². The van der Waals surface area contributed by atoms with Crippen molar-refractivity contribution in [1.29, 1.82) is 0 Å². The number of hydrogen-bond donors (Lipinski definition) is 2. The van der Waals surface area contributed by atoms with Gasteiger partial charge in [0.15, 0.2) is 0 Å². The van der Waals surface area contributed by atoms with E-state index in [1.54, 1.807) is 12.1 Å². The Morgan fingerprint density at radius 1 is 1.16 bits per heavy atom. The van der Waals surface area contributed by atoms with Gasteiger partial charge < -0.3 is 16.4 Å². The summed E-state index contributed by atoms with van der Waals surface area (Å²) in [5, 5.41) is 0. The minimum Gasteiger partial charge on any atom is -0.368 e. The van der Waals surface area contributed by atoms with Crippen molar-refractivity contribution in [2.75, 3.05) is 13.1 Å². The van der Waals surface area contributed by atoms with E-state index in [9.17, 15) is 14.4 Å². The molecule has 1 rings (SSSR count). The van der Waals surface area contributed by atoms with Gasteiger partial charge in [-0.1, -0.05) is 0 Å². The summed E-state index contributed by atoms with van der Waals surface area (Å²) in [6.45, 7) is -0.723. The lowest BCUT2D eigenvalue weighted by atomic mass is 10.2. The largest absolute Gasteiger partial charge is 0.368 e. The molecule has 0 aliphatic rings. The van der Waals surface area contributed by atoms with Crippen LogP contribution >= 0.6 is 38.5 Å². The molecule has 0 bridgehead atoms. The molecule has 4 N–H and O–H groups in total. The van der Waals surface area contributed by atoms with E-state index in [1.165, 1.54) is 0 Å². The van der Waals surface area contributed by atoms with Gasteiger partial charge in [0.1, 0.15) is 13.1 Å².